The summed E-state index contributed by atoms with van der Waals surface area (Å²) in [6, 6.07) is 25.1. The molecule has 1 aromatic heterocycles. The third kappa shape index (κ3) is 6.32. The topological polar surface area (TPSA) is 69.7 Å². The fourth-order valence-corrected chi connectivity index (χ4v) is 4.25. The Balaban J connectivity index is 1.55. The van der Waals surface area contributed by atoms with Gasteiger partial charge in [-0.1, -0.05) is 51.1 Å². The van der Waals surface area contributed by atoms with Crippen molar-refractivity contribution in [2.45, 2.75) is 39.3 Å². The van der Waals surface area contributed by atoms with E-state index in [-0.39, 0.29) is 11.3 Å². The minimum absolute atomic E-state index is 0.151. The number of benzene rings is 3. The highest BCUT2D eigenvalue weighted by Gasteiger charge is 2.23. The SMILES string of the molecule is COc1cc(CNC(=O)c2ccc(OCc3ccccc3)cc2)c(-c2cccnc2OC)cc1C(C)(C)C. The zero-order chi connectivity index (χ0) is 27.1. The first-order chi connectivity index (χ1) is 18.3. The molecule has 0 fully saturated rings. The summed E-state index contributed by atoms with van der Waals surface area (Å²) in [5.74, 6) is 1.82. The molecule has 4 aromatic rings. The monoisotopic (exact) mass is 510 g/mol. The molecule has 0 atom stereocenters. The molecular weight excluding hydrogens is 476 g/mol. The smallest absolute Gasteiger partial charge is 0.251 e. The summed E-state index contributed by atoms with van der Waals surface area (Å²) in [5, 5.41) is 3.05. The Kier molecular flexibility index (Phi) is 8.31. The number of carbonyl (C=O) groups is 1. The predicted molar refractivity (Wildman–Crippen MR) is 150 cm³/mol. The van der Waals surface area contributed by atoms with Gasteiger partial charge in [-0.15, -0.1) is 0 Å². The van der Waals surface area contributed by atoms with Crippen LogP contribution in [0.1, 0.15) is 47.8 Å². The molecule has 0 aliphatic heterocycles. The molecule has 4 rings (SSSR count). The van der Waals surface area contributed by atoms with E-state index >= 15 is 0 Å². The number of pyridine rings is 1. The lowest BCUT2D eigenvalue weighted by Crippen LogP contribution is -2.23. The van der Waals surface area contributed by atoms with Gasteiger partial charge in [0.1, 0.15) is 18.1 Å². The number of carbonyl (C=O) groups excluding carboxylic acids is 1. The van der Waals surface area contributed by atoms with E-state index in [1.165, 1.54) is 0 Å². The highest BCUT2D eigenvalue weighted by atomic mass is 16.5. The molecule has 0 unspecified atom stereocenters. The van der Waals surface area contributed by atoms with Gasteiger partial charge in [0.25, 0.3) is 5.91 Å². The van der Waals surface area contributed by atoms with E-state index in [4.69, 9.17) is 14.2 Å². The number of hydrogen-bond acceptors (Lipinski definition) is 5. The van der Waals surface area contributed by atoms with Crippen molar-refractivity contribution < 1.29 is 19.0 Å². The quantitative estimate of drug-likeness (QED) is 0.276. The summed E-state index contributed by atoms with van der Waals surface area (Å²) < 4.78 is 17.1. The molecule has 3 aromatic carbocycles. The van der Waals surface area contributed by atoms with Crippen LogP contribution >= 0.6 is 0 Å². The van der Waals surface area contributed by atoms with Crippen molar-refractivity contribution in [1.29, 1.82) is 0 Å². The van der Waals surface area contributed by atoms with Gasteiger partial charge in [-0.25, -0.2) is 4.98 Å². The Morgan fingerprint density at radius 2 is 1.61 bits per heavy atom. The fraction of sp³-hybridized carbons (Fsp3) is 0.250. The van der Waals surface area contributed by atoms with Gasteiger partial charge in [0.2, 0.25) is 5.88 Å². The fourth-order valence-electron chi connectivity index (χ4n) is 4.25. The third-order valence-electron chi connectivity index (χ3n) is 6.29. The highest BCUT2D eigenvalue weighted by Crippen LogP contribution is 2.39. The van der Waals surface area contributed by atoms with E-state index in [2.05, 4.69) is 37.1 Å². The van der Waals surface area contributed by atoms with Crippen LogP contribution in [0.5, 0.6) is 17.4 Å². The standard InChI is InChI=1S/C32H34N2O4/c1-32(2,3)28-19-27(26-12-9-17-33-31(26)37-5)24(18-29(28)36-4)20-34-30(35)23-13-15-25(16-14-23)38-21-22-10-7-6-8-11-22/h6-19H,20-21H2,1-5H3,(H,34,35). The summed E-state index contributed by atoms with van der Waals surface area (Å²) in [7, 11) is 3.27. The first-order valence-corrected chi connectivity index (χ1v) is 12.6. The highest BCUT2D eigenvalue weighted by molar-refractivity contribution is 5.94. The van der Waals surface area contributed by atoms with Crippen LogP contribution in [0.15, 0.2) is 85.1 Å². The molecule has 0 aliphatic rings. The van der Waals surface area contributed by atoms with Crippen LogP contribution in [0, 0.1) is 0 Å². The first kappa shape index (κ1) is 26.7. The van der Waals surface area contributed by atoms with Crippen molar-refractivity contribution in [2.75, 3.05) is 14.2 Å². The van der Waals surface area contributed by atoms with Gasteiger partial charge in [0, 0.05) is 29.4 Å². The summed E-state index contributed by atoms with van der Waals surface area (Å²) in [4.78, 5) is 17.4. The maximum Gasteiger partial charge on any atom is 0.251 e. The number of aromatic nitrogens is 1. The molecule has 0 spiro atoms. The van der Waals surface area contributed by atoms with Crippen molar-refractivity contribution in [2.24, 2.45) is 0 Å². The summed E-state index contributed by atoms with van der Waals surface area (Å²) in [6.07, 6.45) is 1.70. The van der Waals surface area contributed by atoms with Crippen molar-refractivity contribution in [3.05, 3.63) is 107 Å². The van der Waals surface area contributed by atoms with Crippen LogP contribution < -0.4 is 19.5 Å². The Morgan fingerprint density at radius 3 is 2.26 bits per heavy atom. The van der Waals surface area contributed by atoms with Crippen LogP contribution in [0.2, 0.25) is 0 Å². The number of nitrogens with zero attached hydrogens (tertiary/aromatic N) is 1. The van der Waals surface area contributed by atoms with Crippen molar-refractivity contribution in [1.82, 2.24) is 10.3 Å². The minimum Gasteiger partial charge on any atom is -0.496 e. The van der Waals surface area contributed by atoms with Gasteiger partial charge < -0.3 is 19.5 Å². The molecule has 196 valence electrons. The lowest BCUT2D eigenvalue weighted by atomic mass is 9.83. The maximum absolute atomic E-state index is 13.0. The molecule has 0 aliphatic carbocycles. The molecule has 1 N–H and O–H groups in total. The van der Waals surface area contributed by atoms with Gasteiger partial charge in [0.15, 0.2) is 0 Å². The second kappa shape index (κ2) is 11.8. The molecule has 6 nitrogen and oxygen atoms in total. The average Bonchev–Trinajstić information content (AvgIpc) is 2.94. The Morgan fingerprint density at radius 1 is 0.868 bits per heavy atom. The zero-order valence-electron chi connectivity index (χ0n) is 22.6. The number of hydrogen-bond donors (Lipinski definition) is 1. The number of methoxy groups -OCH3 is 2. The number of rotatable bonds is 9. The molecule has 0 saturated carbocycles. The first-order valence-electron chi connectivity index (χ1n) is 12.6. The molecule has 1 heterocycles. The lowest BCUT2D eigenvalue weighted by molar-refractivity contribution is 0.0951. The van der Waals surface area contributed by atoms with Crippen molar-refractivity contribution in [3.63, 3.8) is 0 Å². The largest absolute Gasteiger partial charge is 0.496 e. The predicted octanol–water partition coefficient (Wildman–Crippen LogP) is 6.57. The molecule has 0 bridgehead atoms. The van der Waals surface area contributed by atoms with Gasteiger partial charge >= 0.3 is 0 Å². The molecule has 0 radical (unpaired) electrons. The molecule has 1 amide bonds. The summed E-state index contributed by atoms with van der Waals surface area (Å²) >= 11 is 0. The average molecular weight is 511 g/mol. The summed E-state index contributed by atoms with van der Waals surface area (Å²) in [6.45, 7) is 7.20. The number of ether oxygens (including phenoxy) is 3. The molecular formula is C32H34N2O4. The Hall–Kier alpha value is -4.32. The van der Waals surface area contributed by atoms with E-state index in [9.17, 15) is 4.79 Å². The molecule has 38 heavy (non-hydrogen) atoms. The Labute approximate surface area is 224 Å². The van der Waals surface area contributed by atoms with Crippen LogP contribution in [0.4, 0.5) is 0 Å². The van der Waals surface area contributed by atoms with Gasteiger partial charge in [-0.05, 0) is 70.6 Å². The summed E-state index contributed by atoms with van der Waals surface area (Å²) in [5.41, 5.74) is 5.23. The zero-order valence-corrected chi connectivity index (χ0v) is 22.6. The second-order valence-corrected chi connectivity index (χ2v) is 10.0. The maximum atomic E-state index is 13.0. The van der Waals surface area contributed by atoms with E-state index in [1.54, 1.807) is 32.5 Å². The van der Waals surface area contributed by atoms with Crippen molar-refractivity contribution in [3.8, 4) is 28.5 Å². The lowest BCUT2D eigenvalue weighted by Gasteiger charge is -2.25. The van der Waals surface area contributed by atoms with Crippen LogP contribution in [0.25, 0.3) is 11.1 Å². The molecule has 6 heteroatoms. The van der Waals surface area contributed by atoms with Crippen LogP contribution in [-0.2, 0) is 18.6 Å². The number of nitrogens with one attached hydrogen (secondary N) is 1. The molecule has 0 saturated heterocycles. The van der Waals surface area contributed by atoms with Gasteiger partial charge in [-0.3, -0.25) is 4.79 Å². The Bertz CT molecular complexity index is 1380. The van der Waals surface area contributed by atoms with Gasteiger partial charge in [0.05, 0.1) is 14.2 Å². The van der Waals surface area contributed by atoms with E-state index in [1.807, 2.05) is 60.7 Å². The van der Waals surface area contributed by atoms with Crippen molar-refractivity contribution >= 4 is 5.91 Å². The van der Waals surface area contributed by atoms with E-state index < -0.39 is 0 Å². The normalized spacial score (nSPS) is 11.1. The second-order valence-electron chi connectivity index (χ2n) is 10.0. The van der Waals surface area contributed by atoms with Crippen LogP contribution in [0.3, 0.4) is 0 Å². The van der Waals surface area contributed by atoms with E-state index in [0.29, 0.717) is 30.3 Å². The van der Waals surface area contributed by atoms with E-state index in [0.717, 1.165) is 33.6 Å². The number of amides is 1. The van der Waals surface area contributed by atoms with Crippen LogP contribution in [-0.4, -0.2) is 25.1 Å². The van der Waals surface area contributed by atoms with Gasteiger partial charge in [-0.2, -0.15) is 0 Å². The minimum atomic E-state index is -0.178. The third-order valence-corrected chi connectivity index (χ3v) is 6.29.